The molecule has 10 heteroatoms. The van der Waals surface area contributed by atoms with E-state index in [0.29, 0.717) is 22.3 Å². The summed E-state index contributed by atoms with van der Waals surface area (Å²) in [4.78, 5) is 17.4. The molecule has 0 unspecified atom stereocenters. The highest BCUT2D eigenvalue weighted by atomic mass is 32.2. The van der Waals surface area contributed by atoms with Crippen molar-refractivity contribution in [3.05, 3.63) is 60.1 Å². The first-order valence-corrected chi connectivity index (χ1v) is 11.4. The number of sulfonamides is 1. The number of carbonyl (C=O) groups excluding carboxylic acids is 1. The molecule has 1 aromatic heterocycles. The number of nitrogens with one attached hydrogen (secondary N) is 3. The van der Waals surface area contributed by atoms with Crippen molar-refractivity contribution in [3.63, 3.8) is 0 Å². The van der Waals surface area contributed by atoms with Crippen LogP contribution < -0.4 is 14.9 Å². The molecule has 2 aromatic carbocycles. The number of H-pyrrole nitrogens is 1. The summed E-state index contributed by atoms with van der Waals surface area (Å²) < 4.78 is 25.8. The van der Waals surface area contributed by atoms with E-state index in [9.17, 15) is 13.2 Å². The van der Waals surface area contributed by atoms with Crippen LogP contribution in [0.25, 0.3) is 10.9 Å². The molecule has 0 saturated carbocycles. The zero-order valence-electron chi connectivity index (χ0n) is 17.1. The summed E-state index contributed by atoms with van der Waals surface area (Å²) in [5, 5.41) is 11.1. The third-order valence-electron chi connectivity index (χ3n) is 5.25. The molecule has 2 heterocycles. The predicted molar refractivity (Wildman–Crippen MR) is 123 cm³/mol. The predicted octanol–water partition coefficient (Wildman–Crippen LogP) is 2.45. The van der Waals surface area contributed by atoms with Crippen LogP contribution in [0.3, 0.4) is 0 Å². The van der Waals surface area contributed by atoms with Crippen LogP contribution in [0.1, 0.15) is 10.5 Å². The quantitative estimate of drug-likeness (QED) is 0.543. The van der Waals surface area contributed by atoms with Gasteiger partial charge in [0.05, 0.1) is 5.52 Å². The molecular formula is C21H24N6O3S. The molecule has 1 fully saturated rings. The number of likely N-dealkylation sites (N-methyl/N-ethyl adjacent to an activating group) is 1. The summed E-state index contributed by atoms with van der Waals surface area (Å²) in [6.07, 6.45) is 0. The number of fused-ring (bicyclic) bond motifs is 1. The largest absolute Gasteiger partial charge is 0.369 e. The minimum atomic E-state index is -3.65. The maximum atomic E-state index is 12.8. The second-order valence-electron chi connectivity index (χ2n) is 7.44. The number of piperazine rings is 1. The summed E-state index contributed by atoms with van der Waals surface area (Å²) in [5.74, 6) is -0.387. The Labute approximate surface area is 180 Å². The van der Waals surface area contributed by atoms with E-state index < -0.39 is 10.0 Å². The van der Waals surface area contributed by atoms with Crippen molar-refractivity contribution in [1.82, 2.24) is 15.1 Å². The normalized spacial score (nSPS) is 15.1. The van der Waals surface area contributed by atoms with Crippen LogP contribution in [0.2, 0.25) is 0 Å². The average Bonchev–Trinajstić information content (AvgIpc) is 3.18. The van der Waals surface area contributed by atoms with Gasteiger partial charge in [0.25, 0.3) is 15.9 Å². The van der Waals surface area contributed by atoms with Crippen molar-refractivity contribution < 1.29 is 13.2 Å². The fourth-order valence-corrected chi connectivity index (χ4v) is 4.01. The summed E-state index contributed by atoms with van der Waals surface area (Å²) >= 11 is 0. The van der Waals surface area contributed by atoms with Crippen LogP contribution >= 0.6 is 0 Å². The number of amides is 1. The van der Waals surface area contributed by atoms with E-state index in [4.69, 9.17) is 0 Å². The molecule has 3 aromatic rings. The summed E-state index contributed by atoms with van der Waals surface area (Å²) in [5.41, 5.74) is 2.90. The molecule has 0 spiro atoms. The number of hydrogen-bond acceptors (Lipinski definition) is 6. The SMILES string of the molecule is C=CS(=O)(=O)Nc1ccc2[nH]nc(C(=O)Nc3ccc(N4CCN(C)CC4)cc3)c2c1. The lowest BCUT2D eigenvalue weighted by atomic mass is 10.1. The Bertz CT molecular complexity index is 1210. The van der Waals surface area contributed by atoms with E-state index >= 15 is 0 Å². The zero-order chi connectivity index (χ0) is 22.0. The van der Waals surface area contributed by atoms with Crippen molar-refractivity contribution >= 4 is 43.9 Å². The number of aromatic nitrogens is 2. The molecule has 3 N–H and O–H groups in total. The molecular weight excluding hydrogens is 416 g/mol. The summed E-state index contributed by atoms with van der Waals surface area (Å²) in [7, 11) is -1.53. The van der Waals surface area contributed by atoms with Gasteiger partial charge in [-0.25, -0.2) is 8.42 Å². The van der Waals surface area contributed by atoms with Crippen LogP contribution in [0, 0.1) is 0 Å². The van der Waals surface area contributed by atoms with Gasteiger partial charge in [0.15, 0.2) is 5.69 Å². The summed E-state index contributed by atoms with van der Waals surface area (Å²) in [6, 6.07) is 12.5. The van der Waals surface area contributed by atoms with Crippen LogP contribution in [0.4, 0.5) is 17.1 Å². The zero-order valence-corrected chi connectivity index (χ0v) is 17.9. The van der Waals surface area contributed by atoms with Crippen LogP contribution in [0.5, 0.6) is 0 Å². The van der Waals surface area contributed by atoms with Gasteiger partial charge in [-0.15, -0.1) is 0 Å². The second-order valence-corrected chi connectivity index (χ2v) is 9.07. The Balaban J connectivity index is 1.50. The average molecular weight is 441 g/mol. The Morgan fingerprint density at radius 3 is 2.45 bits per heavy atom. The Morgan fingerprint density at radius 2 is 1.77 bits per heavy atom. The third-order valence-corrected chi connectivity index (χ3v) is 6.21. The minimum absolute atomic E-state index is 0.179. The topological polar surface area (TPSA) is 110 Å². The van der Waals surface area contributed by atoms with E-state index in [1.165, 1.54) is 0 Å². The van der Waals surface area contributed by atoms with Crippen molar-refractivity contribution in [1.29, 1.82) is 0 Å². The van der Waals surface area contributed by atoms with Gasteiger partial charge < -0.3 is 15.1 Å². The van der Waals surface area contributed by atoms with Gasteiger partial charge in [0.2, 0.25) is 0 Å². The van der Waals surface area contributed by atoms with E-state index in [0.717, 1.165) is 37.3 Å². The highest BCUT2D eigenvalue weighted by Gasteiger charge is 2.17. The van der Waals surface area contributed by atoms with Gasteiger partial charge in [0, 0.05) is 54.0 Å². The molecule has 4 rings (SSSR count). The van der Waals surface area contributed by atoms with Crippen molar-refractivity contribution in [2.45, 2.75) is 0 Å². The van der Waals surface area contributed by atoms with E-state index in [1.807, 2.05) is 24.3 Å². The lowest BCUT2D eigenvalue weighted by Crippen LogP contribution is -2.44. The Hall–Kier alpha value is -3.37. The highest BCUT2D eigenvalue weighted by molar-refractivity contribution is 7.95. The first-order valence-electron chi connectivity index (χ1n) is 9.83. The first kappa shape index (κ1) is 20.9. The maximum absolute atomic E-state index is 12.8. The summed E-state index contributed by atoms with van der Waals surface area (Å²) in [6.45, 7) is 7.26. The van der Waals surface area contributed by atoms with Gasteiger partial charge in [0.1, 0.15) is 0 Å². The number of anilines is 3. The standard InChI is InChI=1S/C21H24N6O3S/c1-3-31(29,30)25-16-6-9-19-18(14-16)20(24-23-19)21(28)22-15-4-7-17(8-5-15)27-12-10-26(2)11-13-27/h3-9,14,25H,1,10-13H2,2H3,(H,22,28)(H,23,24). The molecule has 1 aliphatic rings. The van der Waals surface area contributed by atoms with Crippen molar-refractivity contribution in [3.8, 4) is 0 Å². The van der Waals surface area contributed by atoms with Crippen LogP contribution in [0.15, 0.2) is 54.5 Å². The number of rotatable bonds is 6. The molecule has 1 aliphatic heterocycles. The molecule has 1 saturated heterocycles. The molecule has 162 valence electrons. The first-order chi connectivity index (χ1) is 14.8. The number of aromatic amines is 1. The molecule has 0 radical (unpaired) electrons. The van der Waals surface area contributed by atoms with E-state index in [-0.39, 0.29) is 11.6 Å². The third kappa shape index (κ3) is 4.70. The van der Waals surface area contributed by atoms with Gasteiger partial charge >= 0.3 is 0 Å². The second kappa shape index (κ2) is 8.40. The smallest absolute Gasteiger partial charge is 0.276 e. The minimum Gasteiger partial charge on any atom is -0.369 e. The fourth-order valence-electron chi connectivity index (χ4n) is 3.47. The maximum Gasteiger partial charge on any atom is 0.276 e. The highest BCUT2D eigenvalue weighted by Crippen LogP contribution is 2.24. The van der Waals surface area contributed by atoms with Gasteiger partial charge in [-0.05, 0) is 49.5 Å². The monoisotopic (exact) mass is 440 g/mol. The number of nitrogens with zero attached hydrogens (tertiary/aromatic N) is 3. The Kier molecular flexibility index (Phi) is 5.66. The molecule has 9 nitrogen and oxygen atoms in total. The van der Waals surface area contributed by atoms with E-state index in [1.54, 1.807) is 18.2 Å². The lowest BCUT2D eigenvalue weighted by Gasteiger charge is -2.34. The molecule has 1 amide bonds. The van der Waals surface area contributed by atoms with Crippen LogP contribution in [-0.2, 0) is 10.0 Å². The molecule has 31 heavy (non-hydrogen) atoms. The number of carbonyl (C=O) groups is 1. The van der Waals surface area contributed by atoms with Crippen molar-refractivity contribution in [2.75, 3.05) is 48.2 Å². The van der Waals surface area contributed by atoms with Gasteiger partial charge in [-0.2, -0.15) is 5.10 Å². The number of benzene rings is 2. The molecule has 0 bridgehead atoms. The lowest BCUT2D eigenvalue weighted by molar-refractivity contribution is 0.102. The number of hydrogen-bond donors (Lipinski definition) is 3. The van der Waals surface area contributed by atoms with E-state index in [2.05, 4.69) is 43.7 Å². The van der Waals surface area contributed by atoms with Crippen LogP contribution in [-0.4, -0.2) is 62.6 Å². The fraction of sp³-hybridized carbons (Fsp3) is 0.238. The molecule has 0 aliphatic carbocycles. The molecule has 0 atom stereocenters. The Morgan fingerprint density at radius 1 is 1.10 bits per heavy atom. The van der Waals surface area contributed by atoms with Gasteiger partial charge in [-0.3, -0.25) is 14.6 Å². The van der Waals surface area contributed by atoms with Crippen molar-refractivity contribution in [2.24, 2.45) is 0 Å². The van der Waals surface area contributed by atoms with Gasteiger partial charge in [-0.1, -0.05) is 6.58 Å².